The molecule has 4 rings (SSSR count). The Morgan fingerprint density at radius 3 is 2.72 bits per heavy atom. The van der Waals surface area contributed by atoms with Gasteiger partial charge in [-0.2, -0.15) is 0 Å². The lowest BCUT2D eigenvalue weighted by Crippen LogP contribution is -2.16. The molecule has 1 aromatic carbocycles. The van der Waals surface area contributed by atoms with E-state index in [2.05, 4.69) is 15.5 Å². The lowest BCUT2D eigenvalue weighted by atomic mass is 10.1. The molecule has 0 aliphatic carbocycles. The van der Waals surface area contributed by atoms with Gasteiger partial charge in [0, 0.05) is 18.2 Å². The summed E-state index contributed by atoms with van der Waals surface area (Å²) in [6.07, 6.45) is 1.57. The van der Waals surface area contributed by atoms with Crippen LogP contribution in [-0.2, 0) is 11.3 Å². The molecule has 0 saturated carbocycles. The summed E-state index contributed by atoms with van der Waals surface area (Å²) in [7, 11) is 0. The molecule has 9 nitrogen and oxygen atoms in total. The minimum Gasteiger partial charge on any atom is -0.461 e. The highest BCUT2D eigenvalue weighted by Gasteiger charge is 2.21. The lowest BCUT2D eigenvalue weighted by Gasteiger charge is -2.11. The largest absolute Gasteiger partial charge is 0.461 e. The Hall–Kier alpha value is -3.27. The smallest absolute Gasteiger partial charge is 0.234 e. The summed E-state index contributed by atoms with van der Waals surface area (Å²) in [5.41, 5.74) is 0.755. The van der Waals surface area contributed by atoms with Crippen LogP contribution in [-0.4, -0.2) is 39.0 Å². The van der Waals surface area contributed by atoms with E-state index in [9.17, 15) is 9.59 Å². The van der Waals surface area contributed by atoms with E-state index >= 15 is 0 Å². The molecule has 0 spiro atoms. The Labute approximate surface area is 170 Å². The van der Waals surface area contributed by atoms with Gasteiger partial charge in [0.1, 0.15) is 0 Å². The second kappa shape index (κ2) is 8.00. The fraction of sp³-hybridized carbons (Fsp3) is 0.263. The van der Waals surface area contributed by atoms with Crippen molar-refractivity contribution in [3.05, 3.63) is 36.1 Å². The molecule has 0 saturated heterocycles. The first kappa shape index (κ1) is 19.1. The molecule has 0 radical (unpaired) electrons. The van der Waals surface area contributed by atoms with Gasteiger partial charge in [0.25, 0.3) is 0 Å². The highest BCUT2D eigenvalue weighted by atomic mass is 32.2. The number of hydrogen-bond acceptors (Lipinski definition) is 8. The van der Waals surface area contributed by atoms with Crippen molar-refractivity contribution in [3.63, 3.8) is 0 Å². The Balaban J connectivity index is 1.47. The zero-order chi connectivity index (χ0) is 20.4. The number of ether oxygens (including phenoxy) is 2. The van der Waals surface area contributed by atoms with Crippen LogP contribution in [0.5, 0.6) is 11.5 Å². The van der Waals surface area contributed by atoms with Gasteiger partial charge in [0.05, 0.1) is 17.7 Å². The first-order chi connectivity index (χ1) is 14.1. The number of benzene rings is 1. The molecule has 1 amide bonds. The van der Waals surface area contributed by atoms with Gasteiger partial charge in [-0.05, 0) is 32.0 Å². The van der Waals surface area contributed by atoms with E-state index in [1.807, 2.05) is 11.5 Å². The normalized spacial score (nSPS) is 12.2. The second-order valence-electron chi connectivity index (χ2n) is 6.17. The van der Waals surface area contributed by atoms with Crippen molar-refractivity contribution in [1.82, 2.24) is 14.8 Å². The SMILES string of the molecule is CCn1c(SCC(=O)Nc2cc3c(cc2C(C)=O)OCO3)nnc1-c1ccco1. The summed E-state index contributed by atoms with van der Waals surface area (Å²) >= 11 is 1.25. The van der Waals surface area contributed by atoms with E-state index in [4.69, 9.17) is 13.9 Å². The summed E-state index contributed by atoms with van der Waals surface area (Å²) in [4.78, 5) is 24.4. The number of aromatic nitrogens is 3. The van der Waals surface area contributed by atoms with Gasteiger partial charge in [-0.25, -0.2) is 0 Å². The first-order valence-electron chi connectivity index (χ1n) is 8.91. The third kappa shape index (κ3) is 3.83. The molecule has 10 heteroatoms. The highest BCUT2D eigenvalue weighted by molar-refractivity contribution is 7.99. The average Bonchev–Trinajstić information content (AvgIpc) is 3.44. The summed E-state index contributed by atoms with van der Waals surface area (Å²) in [5.74, 6) is 1.84. The van der Waals surface area contributed by atoms with E-state index < -0.39 is 0 Å². The first-order valence-corrected chi connectivity index (χ1v) is 9.89. The van der Waals surface area contributed by atoms with E-state index in [1.165, 1.54) is 18.7 Å². The summed E-state index contributed by atoms with van der Waals surface area (Å²) in [5, 5.41) is 11.7. The van der Waals surface area contributed by atoms with E-state index in [1.54, 1.807) is 30.5 Å². The Bertz CT molecular complexity index is 1060. The molecule has 29 heavy (non-hydrogen) atoms. The molecule has 1 aliphatic heterocycles. The minimum atomic E-state index is -0.276. The molecule has 150 valence electrons. The van der Waals surface area contributed by atoms with Gasteiger partial charge in [0.15, 0.2) is 34.0 Å². The quantitative estimate of drug-likeness (QED) is 0.464. The maximum atomic E-state index is 12.5. The summed E-state index contributed by atoms with van der Waals surface area (Å²) < 4.78 is 17.9. The number of anilines is 1. The zero-order valence-electron chi connectivity index (χ0n) is 15.8. The minimum absolute atomic E-state index is 0.0879. The predicted octanol–water partition coefficient (Wildman–Crippen LogP) is 3.22. The van der Waals surface area contributed by atoms with Crippen LogP contribution < -0.4 is 14.8 Å². The Kier molecular flexibility index (Phi) is 5.26. The number of amides is 1. The van der Waals surface area contributed by atoms with Gasteiger partial charge in [-0.15, -0.1) is 10.2 Å². The van der Waals surface area contributed by atoms with Gasteiger partial charge < -0.3 is 19.2 Å². The van der Waals surface area contributed by atoms with Crippen LogP contribution in [0.1, 0.15) is 24.2 Å². The third-order valence-electron chi connectivity index (χ3n) is 4.27. The number of thioether (sulfide) groups is 1. The fourth-order valence-electron chi connectivity index (χ4n) is 2.92. The number of carbonyl (C=O) groups is 2. The second-order valence-corrected chi connectivity index (χ2v) is 7.11. The van der Waals surface area contributed by atoms with E-state index in [-0.39, 0.29) is 24.2 Å². The number of fused-ring (bicyclic) bond motifs is 1. The van der Waals surface area contributed by atoms with Crippen molar-refractivity contribution < 1.29 is 23.5 Å². The predicted molar refractivity (Wildman–Crippen MR) is 105 cm³/mol. The van der Waals surface area contributed by atoms with Crippen molar-refractivity contribution >= 4 is 29.1 Å². The van der Waals surface area contributed by atoms with Crippen molar-refractivity contribution in [1.29, 1.82) is 0 Å². The summed E-state index contributed by atoms with van der Waals surface area (Å²) in [6.45, 7) is 4.11. The fourth-order valence-corrected chi connectivity index (χ4v) is 3.72. The van der Waals surface area contributed by atoms with Gasteiger partial charge in [0.2, 0.25) is 12.7 Å². The number of Topliss-reactive ketones (excluding diaryl/α,β-unsaturated/α-hetero) is 1. The number of hydrogen-bond donors (Lipinski definition) is 1. The van der Waals surface area contributed by atoms with Crippen LogP contribution in [0.15, 0.2) is 40.1 Å². The van der Waals surface area contributed by atoms with E-state index in [0.717, 1.165) is 0 Å². The van der Waals surface area contributed by atoms with Gasteiger partial charge >= 0.3 is 0 Å². The molecule has 2 aromatic heterocycles. The van der Waals surface area contributed by atoms with Gasteiger partial charge in [-0.1, -0.05) is 11.8 Å². The number of rotatable bonds is 7. The lowest BCUT2D eigenvalue weighted by molar-refractivity contribution is -0.113. The number of furan rings is 1. The standard InChI is InChI=1S/C19H18N4O5S/c1-3-23-18(14-5-4-6-26-14)21-22-19(23)29-9-17(25)20-13-8-16-15(27-10-28-16)7-12(13)11(2)24/h4-8H,3,9-10H2,1-2H3,(H,20,25). The van der Waals surface area contributed by atoms with Crippen LogP contribution in [0.4, 0.5) is 5.69 Å². The van der Waals surface area contributed by atoms with Gasteiger partial charge in [-0.3, -0.25) is 14.2 Å². The zero-order valence-corrected chi connectivity index (χ0v) is 16.6. The summed E-state index contributed by atoms with van der Waals surface area (Å²) in [6, 6.07) is 6.77. The van der Waals surface area contributed by atoms with Crippen LogP contribution in [0.3, 0.4) is 0 Å². The van der Waals surface area contributed by atoms with Crippen molar-refractivity contribution in [2.24, 2.45) is 0 Å². The van der Waals surface area contributed by atoms with Crippen LogP contribution in [0.25, 0.3) is 11.6 Å². The van der Waals surface area contributed by atoms with E-state index in [0.29, 0.717) is 46.0 Å². The van der Waals surface area contributed by atoms with Crippen LogP contribution in [0, 0.1) is 0 Å². The van der Waals surface area contributed by atoms with Crippen molar-refractivity contribution in [3.8, 4) is 23.1 Å². The molecule has 0 atom stereocenters. The molecule has 3 aromatic rings. The van der Waals surface area contributed by atoms with Crippen LogP contribution >= 0.6 is 11.8 Å². The monoisotopic (exact) mass is 414 g/mol. The molecular formula is C19H18N4O5S. The number of nitrogens with one attached hydrogen (secondary N) is 1. The Morgan fingerprint density at radius 2 is 2.03 bits per heavy atom. The maximum absolute atomic E-state index is 12.5. The maximum Gasteiger partial charge on any atom is 0.234 e. The highest BCUT2D eigenvalue weighted by Crippen LogP contribution is 2.37. The Morgan fingerprint density at radius 1 is 1.24 bits per heavy atom. The van der Waals surface area contributed by atoms with Crippen LogP contribution in [0.2, 0.25) is 0 Å². The van der Waals surface area contributed by atoms with Crippen molar-refractivity contribution in [2.75, 3.05) is 17.9 Å². The molecule has 1 N–H and O–H groups in total. The number of carbonyl (C=O) groups excluding carboxylic acids is 2. The third-order valence-corrected chi connectivity index (χ3v) is 5.24. The molecule has 0 bridgehead atoms. The molecule has 0 unspecified atom stereocenters. The van der Waals surface area contributed by atoms with Crippen molar-refractivity contribution in [2.45, 2.75) is 25.5 Å². The molecule has 3 heterocycles. The average molecular weight is 414 g/mol. The number of nitrogens with zero attached hydrogens (tertiary/aromatic N) is 3. The molecule has 0 fully saturated rings. The molecule has 1 aliphatic rings. The molecular weight excluding hydrogens is 396 g/mol. The topological polar surface area (TPSA) is 108 Å². The number of ketones is 1.